The number of aryl methyl sites for hydroxylation is 1. The lowest BCUT2D eigenvalue weighted by atomic mass is 10.1. The van der Waals surface area contributed by atoms with E-state index in [1.165, 1.54) is 0 Å². The number of aromatic nitrogens is 2. The maximum Gasteiger partial charge on any atom is 0.222 e. The van der Waals surface area contributed by atoms with E-state index < -0.39 is 6.10 Å². The molecule has 3 rings (SSSR count). The molecule has 1 aromatic heterocycles. The van der Waals surface area contributed by atoms with Crippen LogP contribution in [0.2, 0.25) is 0 Å². The normalized spacial score (nSPS) is 12.4. The summed E-state index contributed by atoms with van der Waals surface area (Å²) in [5, 5.41) is 15.4. The Morgan fingerprint density at radius 1 is 1.03 bits per heavy atom. The molecule has 0 saturated heterocycles. The van der Waals surface area contributed by atoms with Gasteiger partial charge < -0.3 is 19.3 Å². The molecule has 0 radical (unpaired) electrons. The first-order valence-corrected chi connectivity index (χ1v) is 11.8. The molecule has 0 aliphatic heterocycles. The first-order valence-electron chi connectivity index (χ1n) is 11.8. The van der Waals surface area contributed by atoms with Crippen molar-refractivity contribution in [2.24, 2.45) is 13.0 Å². The minimum Gasteiger partial charge on any atom is -0.497 e. The zero-order valence-electron chi connectivity index (χ0n) is 20.9. The van der Waals surface area contributed by atoms with Gasteiger partial charge >= 0.3 is 0 Å². The Morgan fingerprint density at radius 3 is 2.44 bits per heavy atom. The van der Waals surface area contributed by atoms with Crippen LogP contribution in [-0.2, 0) is 18.3 Å². The summed E-state index contributed by atoms with van der Waals surface area (Å²) < 4.78 is 19.0. The molecular weight excluding hydrogens is 430 g/mol. The van der Waals surface area contributed by atoms with Gasteiger partial charge in [0.05, 0.1) is 25.4 Å². The fourth-order valence-corrected chi connectivity index (χ4v) is 3.98. The molecule has 7 heteroatoms. The minimum atomic E-state index is -0.571. The van der Waals surface area contributed by atoms with Gasteiger partial charge in [-0.25, -0.2) is 4.68 Å². The summed E-state index contributed by atoms with van der Waals surface area (Å²) in [6.07, 6.45) is -0.571. The topological polar surface area (TPSA) is 69.0 Å². The molecule has 0 amide bonds. The van der Waals surface area contributed by atoms with Crippen molar-refractivity contribution in [3.8, 4) is 28.6 Å². The molecule has 0 spiro atoms. The molecule has 7 nitrogen and oxygen atoms in total. The molecule has 0 fully saturated rings. The molecule has 0 saturated carbocycles. The SMILES string of the molecule is CCOC[C@H](O)CN(Cc1c(-c2ccccc2)nn(C)c1Oc1cccc(OC)c1)CC(C)C. The lowest BCUT2D eigenvalue weighted by Gasteiger charge is -2.27. The molecule has 3 aromatic rings. The molecule has 34 heavy (non-hydrogen) atoms. The van der Waals surface area contributed by atoms with Crippen molar-refractivity contribution in [2.45, 2.75) is 33.4 Å². The van der Waals surface area contributed by atoms with Gasteiger partial charge in [0.15, 0.2) is 0 Å². The van der Waals surface area contributed by atoms with Crippen LogP contribution in [0.25, 0.3) is 11.3 Å². The van der Waals surface area contributed by atoms with Crippen LogP contribution in [0.3, 0.4) is 0 Å². The van der Waals surface area contributed by atoms with E-state index in [9.17, 15) is 5.11 Å². The molecule has 1 heterocycles. The summed E-state index contributed by atoms with van der Waals surface area (Å²) in [4.78, 5) is 2.25. The lowest BCUT2D eigenvalue weighted by Crippen LogP contribution is -2.37. The Bertz CT molecular complexity index is 1020. The number of ether oxygens (including phenoxy) is 3. The molecule has 0 bridgehead atoms. The standard InChI is InChI=1S/C27H37N3O4/c1-6-33-19-22(31)17-30(16-20(2)3)18-25-26(21-11-8-7-9-12-21)28-29(4)27(25)34-24-14-10-13-23(15-24)32-5/h7-15,20,22,31H,6,16-19H2,1-5H3/t22-/m1/s1. The second-order valence-corrected chi connectivity index (χ2v) is 8.80. The van der Waals surface area contributed by atoms with Crippen molar-refractivity contribution in [3.63, 3.8) is 0 Å². The monoisotopic (exact) mass is 467 g/mol. The first kappa shape index (κ1) is 25.7. The number of methoxy groups -OCH3 is 1. The third kappa shape index (κ3) is 7.06. The Morgan fingerprint density at radius 2 is 1.76 bits per heavy atom. The largest absolute Gasteiger partial charge is 0.497 e. The summed E-state index contributed by atoms with van der Waals surface area (Å²) in [5.41, 5.74) is 2.86. The summed E-state index contributed by atoms with van der Waals surface area (Å²) in [5.74, 6) is 2.50. The van der Waals surface area contributed by atoms with Crippen LogP contribution >= 0.6 is 0 Å². The molecule has 0 aliphatic rings. The number of benzene rings is 2. The molecule has 184 valence electrons. The fourth-order valence-electron chi connectivity index (χ4n) is 3.98. The van der Waals surface area contributed by atoms with Crippen LogP contribution in [0, 0.1) is 5.92 Å². The number of hydrogen-bond donors (Lipinski definition) is 1. The van der Waals surface area contributed by atoms with Crippen LogP contribution in [0.1, 0.15) is 26.3 Å². The molecule has 2 aromatic carbocycles. The summed E-state index contributed by atoms with van der Waals surface area (Å²) in [6, 6.07) is 17.7. The van der Waals surface area contributed by atoms with E-state index in [1.807, 2.05) is 56.4 Å². The van der Waals surface area contributed by atoms with Crippen LogP contribution in [0.15, 0.2) is 54.6 Å². The third-order valence-corrected chi connectivity index (χ3v) is 5.38. The van der Waals surface area contributed by atoms with Crippen LogP contribution < -0.4 is 9.47 Å². The highest BCUT2D eigenvalue weighted by atomic mass is 16.5. The van der Waals surface area contributed by atoms with Crippen molar-refractivity contribution >= 4 is 0 Å². The van der Waals surface area contributed by atoms with Crippen molar-refractivity contribution in [2.75, 3.05) is 33.4 Å². The maximum absolute atomic E-state index is 10.6. The smallest absolute Gasteiger partial charge is 0.222 e. The van der Waals surface area contributed by atoms with Gasteiger partial charge in [0, 0.05) is 44.9 Å². The molecule has 0 aliphatic carbocycles. The predicted molar refractivity (Wildman–Crippen MR) is 134 cm³/mol. The third-order valence-electron chi connectivity index (χ3n) is 5.38. The van der Waals surface area contributed by atoms with Gasteiger partial charge in [-0.1, -0.05) is 50.2 Å². The van der Waals surface area contributed by atoms with Crippen molar-refractivity contribution in [1.29, 1.82) is 0 Å². The average Bonchev–Trinajstić information content (AvgIpc) is 3.12. The first-order chi connectivity index (χ1) is 16.4. The number of nitrogens with zero attached hydrogens (tertiary/aromatic N) is 3. The van der Waals surface area contributed by atoms with Gasteiger partial charge in [-0.05, 0) is 25.0 Å². The van der Waals surface area contributed by atoms with Crippen LogP contribution in [0.5, 0.6) is 17.4 Å². The van der Waals surface area contributed by atoms with Gasteiger partial charge in [-0.15, -0.1) is 0 Å². The van der Waals surface area contributed by atoms with Gasteiger partial charge in [-0.2, -0.15) is 5.10 Å². The number of rotatable bonds is 13. The minimum absolute atomic E-state index is 0.316. The summed E-state index contributed by atoms with van der Waals surface area (Å²) >= 11 is 0. The number of aliphatic hydroxyl groups is 1. The van der Waals surface area contributed by atoms with E-state index >= 15 is 0 Å². The second-order valence-electron chi connectivity index (χ2n) is 8.80. The van der Waals surface area contributed by atoms with E-state index in [0.29, 0.717) is 43.9 Å². The zero-order chi connectivity index (χ0) is 24.5. The second kappa shape index (κ2) is 12.6. The van der Waals surface area contributed by atoms with Crippen molar-refractivity contribution in [3.05, 3.63) is 60.2 Å². The fraction of sp³-hybridized carbons (Fsp3) is 0.444. The predicted octanol–water partition coefficient (Wildman–Crippen LogP) is 4.74. The van der Waals surface area contributed by atoms with Gasteiger partial charge in [0.2, 0.25) is 5.88 Å². The highest BCUT2D eigenvalue weighted by Crippen LogP contribution is 2.35. The zero-order valence-corrected chi connectivity index (χ0v) is 20.9. The maximum atomic E-state index is 10.6. The Labute approximate surface area is 202 Å². The molecule has 0 unspecified atom stereocenters. The molecule has 1 atom stereocenters. The summed E-state index contributed by atoms with van der Waals surface area (Å²) in [7, 11) is 3.53. The van der Waals surface area contributed by atoms with Gasteiger partial charge in [0.25, 0.3) is 0 Å². The summed E-state index contributed by atoms with van der Waals surface area (Å²) in [6.45, 7) is 9.09. The highest BCUT2D eigenvalue weighted by molar-refractivity contribution is 5.65. The van der Waals surface area contributed by atoms with Gasteiger partial charge in [-0.3, -0.25) is 4.90 Å². The number of aliphatic hydroxyl groups excluding tert-OH is 1. The van der Waals surface area contributed by atoms with E-state index in [0.717, 1.165) is 29.1 Å². The molecular formula is C27H37N3O4. The van der Waals surface area contributed by atoms with E-state index in [-0.39, 0.29) is 0 Å². The Kier molecular flexibility index (Phi) is 9.51. The highest BCUT2D eigenvalue weighted by Gasteiger charge is 2.24. The van der Waals surface area contributed by atoms with Crippen LogP contribution in [-0.4, -0.2) is 59.3 Å². The number of hydrogen-bond acceptors (Lipinski definition) is 6. The Balaban J connectivity index is 1.98. The van der Waals surface area contributed by atoms with Crippen molar-refractivity contribution in [1.82, 2.24) is 14.7 Å². The van der Waals surface area contributed by atoms with E-state index in [1.54, 1.807) is 11.8 Å². The lowest BCUT2D eigenvalue weighted by molar-refractivity contribution is 0.0174. The average molecular weight is 468 g/mol. The van der Waals surface area contributed by atoms with Gasteiger partial charge in [0.1, 0.15) is 17.2 Å². The van der Waals surface area contributed by atoms with E-state index in [2.05, 4.69) is 30.9 Å². The van der Waals surface area contributed by atoms with E-state index in [4.69, 9.17) is 19.3 Å². The van der Waals surface area contributed by atoms with Crippen LogP contribution in [0.4, 0.5) is 0 Å². The Hall–Kier alpha value is -2.87. The molecule has 1 N–H and O–H groups in total. The quantitative estimate of drug-likeness (QED) is 0.392. The van der Waals surface area contributed by atoms with Crippen molar-refractivity contribution < 1.29 is 19.3 Å².